The van der Waals surface area contributed by atoms with Crippen LogP contribution in [0.4, 0.5) is 11.4 Å². The zero-order valence-electron chi connectivity index (χ0n) is 15.6. The number of tetrazole rings is 1. The highest BCUT2D eigenvalue weighted by Crippen LogP contribution is 2.35. The van der Waals surface area contributed by atoms with E-state index in [2.05, 4.69) is 25.8 Å². The van der Waals surface area contributed by atoms with Gasteiger partial charge in [0, 0.05) is 30.9 Å². The van der Waals surface area contributed by atoms with Crippen molar-refractivity contribution >= 4 is 27.9 Å². The topological polar surface area (TPSA) is 120 Å². The smallest absolute Gasteiger partial charge is 0.339 e. The number of nitrogens with zero attached hydrogens (tertiary/aromatic N) is 6. The first-order chi connectivity index (χ1) is 14.3. The second kappa shape index (κ2) is 8.57. The Hall–Kier alpha value is -3.66. The van der Waals surface area contributed by atoms with Gasteiger partial charge >= 0.3 is 5.69 Å². The van der Waals surface area contributed by atoms with Crippen LogP contribution in [-0.2, 0) is 11.2 Å². The maximum absolute atomic E-state index is 11.7. The van der Waals surface area contributed by atoms with Crippen molar-refractivity contribution in [2.75, 3.05) is 25.1 Å². The van der Waals surface area contributed by atoms with E-state index in [-0.39, 0.29) is 11.3 Å². The molecule has 0 fully saturated rings. The van der Waals surface area contributed by atoms with Crippen LogP contribution in [0.2, 0.25) is 0 Å². The fraction of sp³-hybridized carbons (Fsp3) is 0.263. The van der Waals surface area contributed by atoms with E-state index in [0.29, 0.717) is 36.3 Å². The van der Waals surface area contributed by atoms with Gasteiger partial charge in [-0.15, -0.1) is 5.10 Å². The Bertz CT molecular complexity index is 1130. The molecule has 0 aliphatic heterocycles. The lowest BCUT2D eigenvalue weighted by Gasteiger charge is -2.11. The molecule has 29 heavy (non-hydrogen) atoms. The molecule has 0 unspecified atom stereocenters. The molecular weight excluding hydrogens is 374 g/mol. The van der Waals surface area contributed by atoms with Gasteiger partial charge in [0.2, 0.25) is 0 Å². The van der Waals surface area contributed by atoms with E-state index >= 15 is 0 Å². The minimum atomic E-state index is -0.463. The Kier molecular flexibility index (Phi) is 5.52. The molecule has 0 radical (unpaired) electrons. The highest BCUT2D eigenvalue weighted by molar-refractivity contribution is 6.00. The summed E-state index contributed by atoms with van der Waals surface area (Å²) in [7, 11) is 0. The van der Waals surface area contributed by atoms with Crippen LogP contribution in [0.15, 0.2) is 48.8 Å². The van der Waals surface area contributed by atoms with Crippen LogP contribution in [-0.4, -0.2) is 49.7 Å². The van der Waals surface area contributed by atoms with Gasteiger partial charge in [-0.1, -0.05) is 24.3 Å². The molecule has 0 aliphatic carbocycles. The second-order valence-corrected chi connectivity index (χ2v) is 6.42. The van der Waals surface area contributed by atoms with Gasteiger partial charge in [0.25, 0.3) is 5.65 Å². The molecule has 0 spiro atoms. The number of hydrogen-bond acceptors (Lipinski definition) is 8. The molecule has 0 atom stereocenters. The highest BCUT2D eigenvalue weighted by Gasteiger charge is 2.25. The van der Waals surface area contributed by atoms with Gasteiger partial charge in [0.1, 0.15) is 5.69 Å². The van der Waals surface area contributed by atoms with E-state index < -0.39 is 4.92 Å². The molecule has 148 valence electrons. The summed E-state index contributed by atoms with van der Waals surface area (Å²) in [6.45, 7) is 1.46. The molecule has 0 amide bonds. The molecule has 0 saturated carbocycles. The van der Waals surface area contributed by atoms with Gasteiger partial charge in [0.15, 0.2) is 0 Å². The number of benzene rings is 1. The lowest BCUT2D eigenvalue weighted by Crippen LogP contribution is -2.13. The average Bonchev–Trinajstić information content (AvgIpc) is 3.23. The lowest BCUT2D eigenvalue weighted by molar-refractivity contribution is -0.382. The van der Waals surface area contributed by atoms with Crippen molar-refractivity contribution < 1.29 is 9.66 Å². The first-order valence-electron chi connectivity index (χ1n) is 9.23. The summed E-state index contributed by atoms with van der Waals surface area (Å²) in [5, 5.41) is 26.8. The molecule has 4 aromatic rings. The number of nitrogens with one attached hydrogen (secondary N) is 1. The van der Waals surface area contributed by atoms with Crippen molar-refractivity contribution in [2.45, 2.75) is 12.8 Å². The monoisotopic (exact) mass is 393 g/mol. The zero-order chi connectivity index (χ0) is 20.1. The van der Waals surface area contributed by atoms with Crippen LogP contribution >= 0.6 is 0 Å². The van der Waals surface area contributed by atoms with Crippen LogP contribution in [0.25, 0.3) is 16.6 Å². The number of anilines is 1. The Balaban J connectivity index is 1.42. The first kappa shape index (κ1) is 18.7. The standard InChI is InChI=1S/C19H19N7O3/c27-26(28)18-17(15-7-1-2-8-16(15)25-19(18)22-23-24-25)21-10-12-29-11-4-6-14-5-3-9-20-13-14/h1-3,5,7-9,13,21H,4,6,10-12H2. The fourth-order valence-corrected chi connectivity index (χ4v) is 3.23. The van der Waals surface area contributed by atoms with Crippen molar-refractivity contribution in [1.29, 1.82) is 0 Å². The number of aromatic nitrogens is 5. The van der Waals surface area contributed by atoms with Crippen LogP contribution in [0.3, 0.4) is 0 Å². The summed E-state index contributed by atoms with van der Waals surface area (Å²) >= 11 is 0. The number of nitro groups is 1. The Morgan fingerprint density at radius 3 is 2.90 bits per heavy atom. The van der Waals surface area contributed by atoms with Crippen molar-refractivity contribution in [3.63, 3.8) is 0 Å². The lowest BCUT2D eigenvalue weighted by atomic mass is 10.1. The van der Waals surface area contributed by atoms with Gasteiger partial charge in [-0.05, 0) is 41.0 Å². The van der Waals surface area contributed by atoms with Crippen molar-refractivity contribution in [1.82, 2.24) is 25.0 Å². The highest BCUT2D eigenvalue weighted by atomic mass is 16.6. The van der Waals surface area contributed by atoms with Crippen molar-refractivity contribution in [3.8, 4) is 0 Å². The van der Waals surface area contributed by atoms with Crippen LogP contribution in [0, 0.1) is 10.1 Å². The van der Waals surface area contributed by atoms with E-state index in [1.807, 2.05) is 36.5 Å². The first-order valence-corrected chi connectivity index (χ1v) is 9.23. The van der Waals surface area contributed by atoms with Gasteiger partial charge in [-0.3, -0.25) is 15.1 Å². The molecule has 10 heteroatoms. The fourth-order valence-electron chi connectivity index (χ4n) is 3.23. The number of pyridine rings is 2. The zero-order valence-corrected chi connectivity index (χ0v) is 15.6. The molecule has 3 heterocycles. The summed E-state index contributed by atoms with van der Waals surface area (Å²) in [6.07, 6.45) is 5.38. The summed E-state index contributed by atoms with van der Waals surface area (Å²) < 4.78 is 7.05. The maximum Gasteiger partial charge on any atom is 0.339 e. The SMILES string of the molecule is O=[N+]([O-])c1c(NCCOCCCc2cccnc2)c2ccccc2n2nnnc12. The predicted molar refractivity (Wildman–Crippen MR) is 107 cm³/mol. The Morgan fingerprint density at radius 2 is 2.07 bits per heavy atom. The van der Waals surface area contributed by atoms with Crippen LogP contribution < -0.4 is 5.32 Å². The number of ether oxygens (including phenoxy) is 1. The predicted octanol–water partition coefficient (Wildman–Crippen LogP) is 2.64. The van der Waals surface area contributed by atoms with Gasteiger partial charge in [-0.2, -0.15) is 4.52 Å². The molecule has 4 rings (SSSR count). The molecule has 3 aromatic heterocycles. The molecule has 1 aromatic carbocycles. The molecule has 0 saturated heterocycles. The van der Waals surface area contributed by atoms with Crippen molar-refractivity contribution in [2.24, 2.45) is 0 Å². The second-order valence-electron chi connectivity index (χ2n) is 6.42. The molecule has 0 bridgehead atoms. The van der Waals surface area contributed by atoms with E-state index in [1.165, 1.54) is 10.1 Å². The molecule has 0 aliphatic rings. The summed E-state index contributed by atoms with van der Waals surface area (Å²) in [5.41, 5.74) is 2.22. The largest absolute Gasteiger partial charge is 0.380 e. The van der Waals surface area contributed by atoms with E-state index in [4.69, 9.17) is 4.74 Å². The molecular formula is C19H19N7O3. The minimum Gasteiger partial charge on any atom is -0.380 e. The van der Waals surface area contributed by atoms with Gasteiger partial charge < -0.3 is 10.1 Å². The van der Waals surface area contributed by atoms with Gasteiger partial charge in [0.05, 0.1) is 17.0 Å². The quantitative estimate of drug-likeness (QED) is 0.262. The van der Waals surface area contributed by atoms with Crippen LogP contribution in [0.1, 0.15) is 12.0 Å². The summed E-state index contributed by atoms with van der Waals surface area (Å²) in [4.78, 5) is 15.3. The number of fused-ring (bicyclic) bond motifs is 3. The number of aryl methyl sites for hydroxylation is 1. The molecule has 10 nitrogen and oxygen atoms in total. The number of hydrogen-bond donors (Lipinski definition) is 1. The minimum absolute atomic E-state index is 0.105. The third kappa shape index (κ3) is 3.97. The maximum atomic E-state index is 11.7. The summed E-state index contributed by atoms with van der Waals surface area (Å²) in [5.74, 6) is 0. The van der Waals surface area contributed by atoms with E-state index in [1.54, 1.807) is 12.3 Å². The number of rotatable bonds is 9. The Labute approximate surface area is 165 Å². The summed E-state index contributed by atoms with van der Waals surface area (Å²) in [6, 6.07) is 11.2. The van der Waals surface area contributed by atoms with E-state index in [0.717, 1.165) is 12.8 Å². The van der Waals surface area contributed by atoms with Gasteiger partial charge in [-0.25, -0.2) is 0 Å². The normalized spacial score (nSPS) is 11.2. The van der Waals surface area contributed by atoms with Crippen molar-refractivity contribution in [3.05, 3.63) is 64.5 Å². The third-order valence-corrected chi connectivity index (χ3v) is 4.53. The molecule has 1 N–H and O–H groups in total. The third-order valence-electron chi connectivity index (χ3n) is 4.53. The van der Waals surface area contributed by atoms with Crippen LogP contribution in [0.5, 0.6) is 0 Å². The van der Waals surface area contributed by atoms with E-state index in [9.17, 15) is 10.1 Å². The number of para-hydroxylation sites is 1. The average molecular weight is 393 g/mol. The Morgan fingerprint density at radius 1 is 1.17 bits per heavy atom.